The first-order chi connectivity index (χ1) is 8.09. The molecule has 3 N–H and O–H groups in total. The molecule has 2 rings (SSSR count). The Labute approximate surface area is 106 Å². The van der Waals surface area contributed by atoms with Gasteiger partial charge in [-0.3, -0.25) is 4.79 Å². The van der Waals surface area contributed by atoms with Gasteiger partial charge >= 0.3 is 0 Å². The number of hydrogen-bond donors (Lipinski definition) is 2. The molecule has 1 aliphatic rings. The molecule has 0 heterocycles. The first kappa shape index (κ1) is 12.0. The lowest BCUT2D eigenvalue weighted by Crippen LogP contribution is -2.14. The number of nitrogens with one attached hydrogen (secondary N) is 1. The zero-order chi connectivity index (χ0) is 12.4. The molecule has 0 radical (unpaired) electrons. The first-order valence-corrected chi connectivity index (χ1v) is 6.01. The fourth-order valence-electron chi connectivity index (χ4n) is 1.93. The van der Waals surface area contributed by atoms with Gasteiger partial charge in [-0.05, 0) is 31.9 Å². The molecule has 1 aromatic carbocycles. The zero-order valence-corrected chi connectivity index (χ0v) is 10.5. The number of benzene rings is 1. The third kappa shape index (κ3) is 2.44. The molecule has 4 heteroatoms. The summed E-state index contributed by atoms with van der Waals surface area (Å²) in [6, 6.07) is 5.45. The Morgan fingerprint density at radius 3 is 2.88 bits per heavy atom. The quantitative estimate of drug-likeness (QED) is 0.792. The van der Waals surface area contributed by atoms with Gasteiger partial charge in [-0.2, -0.15) is 0 Å². The zero-order valence-electron chi connectivity index (χ0n) is 9.72. The highest BCUT2D eigenvalue weighted by atomic mass is 35.5. The summed E-state index contributed by atoms with van der Waals surface area (Å²) in [5.41, 5.74) is 8.78. The number of nitrogens with two attached hydrogens (primary N) is 1. The Hall–Kier alpha value is -1.48. The molecular formula is C13H15ClN2O. The van der Waals surface area contributed by atoms with Crippen LogP contribution in [-0.2, 0) is 4.79 Å². The smallest absolute Gasteiger partial charge is 0.160 e. The third-order valence-electron chi connectivity index (χ3n) is 3.02. The summed E-state index contributed by atoms with van der Waals surface area (Å²) in [7, 11) is 0. The average molecular weight is 251 g/mol. The van der Waals surface area contributed by atoms with E-state index in [1.165, 1.54) is 0 Å². The largest absolute Gasteiger partial charge is 0.397 e. The van der Waals surface area contributed by atoms with Crippen molar-refractivity contribution >= 4 is 28.8 Å². The van der Waals surface area contributed by atoms with Crippen LogP contribution in [0.2, 0.25) is 5.02 Å². The van der Waals surface area contributed by atoms with Gasteiger partial charge in [0.15, 0.2) is 5.78 Å². The molecule has 0 saturated carbocycles. The van der Waals surface area contributed by atoms with E-state index >= 15 is 0 Å². The Morgan fingerprint density at radius 1 is 1.35 bits per heavy atom. The van der Waals surface area contributed by atoms with Crippen LogP contribution in [0.15, 0.2) is 29.5 Å². The van der Waals surface area contributed by atoms with E-state index < -0.39 is 0 Å². The molecule has 90 valence electrons. The van der Waals surface area contributed by atoms with Crippen LogP contribution < -0.4 is 11.1 Å². The summed E-state index contributed by atoms with van der Waals surface area (Å²) in [6.45, 7) is 1.85. The molecule has 0 bridgehead atoms. The molecule has 0 fully saturated rings. The van der Waals surface area contributed by atoms with Gasteiger partial charge in [-0.15, -0.1) is 0 Å². The lowest BCUT2D eigenvalue weighted by atomic mass is 9.96. The summed E-state index contributed by atoms with van der Waals surface area (Å²) in [6.07, 6.45) is 2.41. The lowest BCUT2D eigenvalue weighted by molar-refractivity contribution is -0.116. The van der Waals surface area contributed by atoms with Crippen LogP contribution in [0.3, 0.4) is 0 Å². The molecule has 1 aromatic rings. The molecule has 3 nitrogen and oxygen atoms in total. The van der Waals surface area contributed by atoms with Crippen LogP contribution in [0, 0.1) is 0 Å². The number of carbonyl (C=O) groups excluding carboxylic acids is 1. The van der Waals surface area contributed by atoms with Gasteiger partial charge in [-0.1, -0.05) is 17.7 Å². The van der Waals surface area contributed by atoms with E-state index in [2.05, 4.69) is 5.32 Å². The molecule has 0 amide bonds. The lowest BCUT2D eigenvalue weighted by Gasteiger charge is -2.19. The van der Waals surface area contributed by atoms with E-state index in [-0.39, 0.29) is 5.78 Å². The summed E-state index contributed by atoms with van der Waals surface area (Å²) in [5, 5.41) is 3.72. The van der Waals surface area contributed by atoms with E-state index in [0.717, 1.165) is 29.8 Å². The second-order valence-electron chi connectivity index (χ2n) is 4.21. The number of allylic oxidation sites excluding steroid dienone is 2. The maximum Gasteiger partial charge on any atom is 0.160 e. The summed E-state index contributed by atoms with van der Waals surface area (Å²) < 4.78 is 0. The predicted molar refractivity (Wildman–Crippen MR) is 71.0 cm³/mol. The van der Waals surface area contributed by atoms with Gasteiger partial charge < -0.3 is 11.1 Å². The van der Waals surface area contributed by atoms with E-state index in [1.807, 2.05) is 19.1 Å². The second kappa shape index (κ2) is 4.80. The van der Waals surface area contributed by atoms with Crippen LogP contribution in [0.25, 0.3) is 0 Å². The Bertz CT molecular complexity index is 494. The van der Waals surface area contributed by atoms with Crippen molar-refractivity contribution in [3.63, 3.8) is 0 Å². The molecule has 0 unspecified atom stereocenters. The number of nitrogen functional groups attached to an aromatic ring is 1. The van der Waals surface area contributed by atoms with Crippen LogP contribution >= 0.6 is 11.6 Å². The van der Waals surface area contributed by atoms with E-state index in [9.17, 15) is 4.79 Å². The standard InChI is InChI=1S/C13H15ClN2O/c1-8-10(5-3-7-12(8)17)16-11-6-2-4-9(15)13(11)14/h2,4,6,16H,3,5,7,15H2,1H3. The molecule has 0 aromatic heterocycles. The van der Waals surface area contributed by atoms with Gasteiger partial charge in [0.1, 0.15) is 0 Å². The molecule has 17 heavy (non-hydrogen) atoms. The van der Waals surface area contributed by atoms with Crippen molar-refractivity contribution in [1.29, 1.82) is 0 Å². The number of Topliss-reactive ketones (excluding diaryl/α,β-unsaturated/α-hetero) is 1. The second-order valence-corrected chi connectivity index (χ2v) is 4.59. The van der Waals surface area contributed by atoms with Crippen molar-refractivity contribution in [1.82, 2.24) is 0 Å². The monoisotopic (exact) mass is 250 g/mol. The van der Waals surface area contributed by atoms with E-state index in [4.69, 9.17) is 17.3 Å². The first-order valence-electron chi connectivity index (χ1n) is 5.63. The van der Waals surface area contributed by atoms with Crippen LogP contribution in [0.4, 0.5) is 11.4 Å². The molecule has 0 spiro atoms. The normalized spacial score (nSPS) is 16.2. The van der Waals surface area contributed by atoms with Crippen molar-refractivity contribution in [3.05, 3.63) is 34.5 Å². The summed E-state index contributed by atoms with van der Waals surface area (Å²) in [5.74, 6) is 0.207. The summed E-state index contributed by atoms with van der Waals surface area (Å²) in [4.78, 5) is 11.6. The number of ketones is 1. The molecular weight excluding hydrogens is 236 g/mol. The maximum atomic E-state index is 11.6. The number of hydrogen-bond acceptors (Lipinski definition) is 3. The van der Waals surface area contributed by atoms with Crippen LogP contribution in [0.5, 0.6) is 0 Å². The number of carbonyl (C=O) groups is 1. The van der Waals surface area contributed by atoms with Crippen LogP contribution in [-0.4, -0.2) is 5.78 Å². The van der Waals surface area contributed by atoms with Gasteiger partial charge in [0.25, 0.3) is 0 Å². The fraction of sp³-hybridized carbons (Fsp3) is 0.308. The Balaban J connectivity index is 2.29. The summed E-state index contributed by atoms with van der Waals surface area (Å²) >= 11 is 6.10. The van der Waals surface area contributed by atoms with Crippen LogP contribution in [0.1, 0.15) is 26.2 Å². The predicted octanol–water partition coefficient (Wildman–Crippen LogP) is 3.36. The van der Waals surface area contributed by atoms with Crippen molar-refractivity contribution in [2.45, 2.75) is 26.2 Å². The Kier molecular flexibility index (Phi) is 3.38. The highest BCUT2D eigenvalue weighted by Gasteiger charge is 2.17. The highest BCUT2D eigenvalue weighted by molar-refractivity contribution is 6.35. The van der Waals surface area contributed by atoms with Gasteiger partial charge in [-0.25, -0.2) is 0 Å². The van der Waals surface area contributed by atoms with Gasteiger partial charge in [0.05, 0.1) is 16.4 Å². The highest BCUT2D eigenvalue weighted by Crippen LogP contribution is 2.31. The Morgan fingerprint density at radius 2 is 2.12 bits per heavy atom. The minimum atomic E-state index is 0.207. The van der Waals surface area contributed by atoms with Crippen molar-refractivity contribution in [2.75, 3.05) is 11.1 Å². The number of halogens is 1. The molecule has 0 aliphatic heterocycles. The minimum Gasteiger partial charge on any atom is -0.397 e. The molecule has 0 atom stereocenters. The van der Waals surface area contributed by atoms with Crippen molar-refractivity contribution < 1.29 is 4.79 Å². The minimum absolute atomic E-state index is 0.207. The van der Waals surface area contributed by atoms with Gasteiger partial charge in [0, 0.05) is 17.7 Å². The van der Waals surface area contributed by atoms with E-state index in [1.54, 1.807) is 6.07 Å². The fourth-order valence-corrected chi connectivity index (χ4v) is 2.11. The number of rotatable bonds is 2. The molecule has 0 saturated heterocycles. The van der Waals surface area contributed by atoms with Crippen molar-refractivity contribution in [2.24, 2.45) is 0 Å². The third-order valence-corrected chi connectivity index (χ3v) is 3.44. The number of anilines is 2. The SMILES string of the molecule is CC1=C(Nc2cccc(N)c2Cl)CCCC1=O. The maximum absolute atomic E-state index is 11.6. The van der Waals surface area contributed by atoms with Crippen molar-refractivity contribution in [3.8, 4) is 0 Å². The van der Waals surface area contributed by atoms with E-state index in [0.29, 0.717) is 17.1 Å². The topological polar surface area (TPSA) is 55.1 Å². The molecule has 1 aliphatic carbocycles. The van der Waals surface area contributed by atoms with Gasteiger partial charge in [0.2, 0.25) is 0 Å². The average Bonchev–Trinajstić information content (AvgIpc) is 2.31.